The number of aromatic hydroxyl groups is 1. The van der Waals surface area contributed by atoms with E-state index in [1.807, 2.05) is 6.07 Å². The Morgan fingerprint density at radius 1 is 1.21 bits per heavy atom. The Bertz CT molecular complexity index is 969. The van der Waals surface area contributed by atoms with Gasteiger partial charge >= 0.3 is 0 Å². The van der Waals surface area contributed by atoms with Gasteiger partial charge in [0.15, 0.2) is 5.69 Å². The summed E-state index contributed by atoms with van der Waals surface area (Å²) in [6, 6.07) is 10.2. The number of amides is 1. The number of hydrogen-bond acceptors (Lipinski definition) is 3. The average Bonchev–Trinajstić information content (AvgIpc) is 2.82. The fourth-order valence-corrected chi connectivity index (χ4v) is 3.05. The van der Waals surface area contributed by atoms with E-state index in [4.69, 9.17) is 23.2 Å². The number of H-pyrrole nitrogens is 1. The van der Waals surface area contributed by atoms with Crippen molar-refractivity contribution in [2.45, 2.75) is 6.42 Å². The zero-order valence-electron chi connectivity index (χ0n) is 12.1. The molecule has 2 aromatic carbocycles. The number of aromatic nitrogens is 1. The fraction of sp³-hybridized carbons (Fsp3) is 0.0625. The number of rotatable bonds is 3. The van der Waals surface area contributed by atoms with Gasteiger partial charge in [0, 0.05) is 19.9 Å². The third-order valence-corrected chi connectivity index (χ3v) is 4.41. The van der Waals surface area contributed by atoms with Crippen molar-refractivity contribution in [2.75, 3.05) is 0 Å². The minimum absolute atomic E-state index is 0.00579. The molecule has 0 aliphatic heterocycles. The Hall–Kier alpha value is -1.89. The predicted octanol–water partition coefficient (Wildman–Crippen LogP) is 5.80. The maximum atomic E-state index is 12.0. The largest absolute Gasteiger partial charge is 0.493 e. The Kier molecular flexibility index (Phi) is 4.89. The maximum Gasteiger partial charge on any atom is 0.269 e. The van der Waals surface area contributed by atoms with E-state index in [0.717, 1.165) is 4.47 Å². The Balaban J connectivity index is 1.83. The van der Waals surface area contributed by atoms with Crippen molar-refractivity contribution in [1.29, 1.82) is 0 Å². The lowest BCUT2D eigenvalue weighted by molar-refractivity contribution is -0.117. The average molecular weight is 427 g/mol. The molecule has 0 saturated carbocycles. The van der Waals surface area contributed by atoms with Gasteiger partial charge in [0.05, 0.1) is 11.9 Å². The normalized spacial score (nSPS) is 11.5. The molecule has 24 heavy (non-hydrogen) atoms. The highest BCUT2D eigenvalue weighted by atomic mass is 79.9. The smallest absolute Gasteiger partial charge is 0.269 e. The Labute approximate surface area is 155 Å². The van der Waals surface area contributed by atoms with Crippen LogP contribution in [-0.4, -0.2) is 16.0 Å². The van der Waals surface area contributed by atoms with Crippen LogP contribution in [0.15, 0.2) is 51.1 Å². The van der Waals surface area contributed by atoms with E-state index < -0.39 is 5.91 Å². The molecule has 122 valence electrons. The van der Waals surface area contributed by atoms with Crippen molar-refractivity contribution in [3.05, 3.63) is 56.5 Å². The molecule has 3 rings (SSSR count). The second-order valence-corrected chi connectivity index (χ2v) is 6.78. The minimum atomic E-state index is -0.481. The van der Waals surface area contributed by atoms with Crippen molar-refractivity contribution < 1.29 is 9.90 Å². The number of fused-ring (bicyclic) bond motifs is 1. The van der Waals surface area contributed by atoms with Gasteiger partial charge < -0.3 is 10.1 Å². The number of carbonyl (C=O) groups is 1. The topological polar surface area (TPSA) is 77.8 Å². The highest BCUT2D eigenvalue weighted by molar-refractivity contribution is 9.10. The molecule has 5 nitrogen and oxygen atoms in total. The van der Waals surface area contributed by atoms with Crippen LogP contribution < -0.4 is 0 Å². The number of nitrogens with one attached hydrogen (secondary N) is 1. The van der Waals surface area contributed by atoms with Crippen molar-refractivity contribution in [3.63, 3.8) is 0 Å². The second kappa shape index (κ2) is 6.93. The number of azo groups is 1. The van der Waals surface area contributed by atoms with Crippen LogP contribution in [-0.2, 0) is 11.2 Å². The summed E-state index contributed by atoms with van der Waals surface area (Å²) in [5, 5.41) is 19.0. The van der Waals surface area contributed by atoms with Gasteiger partial charge in [-0.25, -0.2) is 0 Å². The van der Waals surface area contributed by atoms with Gasteiger partial charge in [-0.2, -0.15) is 0 Å². The first kappa shape index (κ1) is 17.0. The number of carbonyl (C=O) groups excluding carboxylic acids is 1. The molecule has 3 aromatic rings. The maximum absolute atomic E-state index is 12.0. The van der Waals surface area contributed by atoms with Crippen molar-refractivity contribution >= 4 is 61.6 Å². The molecule has 0 unspecified atom stereocenters. The molecule has 0 aliphatic rings. The van der Waals surface area contributed by atoms with Gasteiger partial charge in [0.25, 0.3) is 5.91 Å². The molecule has 0 fully saturated rings. The summed E-state index contributed by atoms with van der Waals surface area (Å²) in [6.07, 6.45) is -0.00579. The first-order valence-corrected chi connectivity index (χ1v) is 8.37. The number of hydrogen-bond donors (Lipinski definition) is 2. The molecule has 0 atom stereocenters. The molecule has 0 saturated heterocycles. The van der Waals surface area contributed by atoms with E-state index in [9.17, 15) is 9.90 Å². The van der Waals surface area contributed by atoms with Gasteiger partial charge in [-0.05, 0) is 35.9 Å². The molecule has 0 bridgehead atoms. The molecule has 1 heterocycles. The number of aromatic amines is 1. The van der Waals surface area contributed by atoms with Gasteiger partial charge in [-0.3, -0.25) is 4.79 Å². The highest BCUT2D eigenvalue weighted by Crippen LogP contribution is 2.36. The molecule has 0 aliphatic carbocycles. The lowest BCUT2D eigenvalue weighted by atomic mass is 10.1. The molecular weight excluding hydrogens is 417 g/mol. The van der Waals surface area contributed by atoms with Crippen LogP contribution in [0.5, 0.6) is 5.88 Å². The van der Waals surface area contributed by atoms with E-state index in [1.165, 1.54) is 0 Å². The van der Waals surface area contributed by atoms with E-state index in [1.54, 1.807) is 30.3 Å². The first-order chi connectivity index (χ1) is 11.4. The van der Waals surface area contributed by atoms with Gasteiger partial charge in [-0.15, -0.1) is 10.2 Å². The highest BCUT2D eigenvalue weighted by Gasteiger charge is 2.12. The van der Waals surface area contributed by atoms with Gasteiger partial charge in [-0.1, -0.05) is 45.2 Å². The summed E-state index contributed by atoms with van der Waals surface area (Å²) in [4.78, 5) is 14.8. The van der Waals surface area contributed by atoms with Crippen LogP contribution >= 0.6 is 39.1 Å². The summed E-state index contributed by atoms with van der Waals surface area (Å²) < 4.78 is 0.855. The van der Waals surface area contributed by atoms with Gasteiger partial charge in [0.2, 0.25) is 5.88 Å². The summed E-state index contributed by atoms with van der Waals surface area (Å²) in [5.74, 6) is -0.630. The molecule has 1 aromatic heterocycles. The molecular formula is C16H10BrCl2N3O2. The summed E-state index contributed by atoms with van der Waals surface area (Å²) in [5.41, 5.74) is 1.51. The van der Waals surface area contributed by atoms with Crippen LogP contribution in [0.3, 0.4) is 0 Å². The minimum Gasteiger partial charge on any atom is -0.493 e. The van der Waals surface area contributed by atoms with Crippen LogP contribution in [0.1, 0.15) is 5.56 Å². The van der Waals surface area contributed by atoms with Crippen LogP contribution in [0, 0.1) is 0 Å². The molecule has 2 N–H and O–H groups in total. The lowest BCUT2D eigenvalue weighted by Gasteiger charge is -2.01. The van der Waals surface area contributed by atoms with Crippen molar-refractivity contribution in [2.24, 2.45) is 10.2 Å². The van der Waals surface area contributed by atoms with Crippen molar-refractivity contribution in [1.82, 2.24) is 4.98 Å². The summed E-state index contributed by atoms with van der Waals surface area (Å²) in [7, 11) is 0. The molecule has 8 heteroatoms. The third-order valence-electron chi connectivity index (χ3n) is 3.33. The second-order valence-electron chi connectivity index (χ2n) is 5.02. The van der Waals surface area contributed by atoms with E-state index in [0.29, 0.717) is 26.5 Å². The summed E-state index contributed by atoms with van der Waals surface area (Å²) >= 11 is 15.2. The summed E-state index contributed by atoms with van der Waals surface area (Å²) in [6.45, 7) is 0. The Morgan fingerprint density at radius 3 is 2.75 bits per heavy atom. The molecule has 0 radical (unpaired) electrons. The number of benzene rings is 2. The SMILES string of the molecule is O=C(Cc1ccc(Cl)cc1Cl)N=Nc1c(O)[nH]c2cc(Br)ccc12. The van der Waals surface area contributed by atoms with Crippen LogP contribution in [0.4, 0.5) is 5.69 Å². The standard InChI is InChI=1S/C16H10BrCl2N3O2/c17-9-2-4-11-13(6-9)20-16(24)15(11)22-21-14(23)5-8-1-3-10(18)7-12(8)19/h1-4,6-7,20,24H,5H2. The van der Waals surface area contributed by atoms with Crippen LogP contribution in [0.25, 0.3) is 10.9 Å². The van der Waals surface area contributed by atoms with E-state index in [2.05, 4.69) is 31.1 Å². The number of nitrogens with zero attached hydrogens (tertiary/aromatic N) is 2. The van der Waals surface area contributed by atoms with E-state index >= 15 is 0 Å². The quantitative estimate of drug-likeness (QED) is 0.519. The predicted molar refractivity (Wildman–Crippen MR) is 97.4 cm³/mol. The zero-order chi connectivity index (χ0) is 17.3. The van der Waals surface area contributed by atoms with Gasteiger partial charge in [0.1, 0.15) is 0 Å². The molecule has 1 amide bonds. The number of halogens is 3. The zero-order valence-corrected chi connectivity index (χ0v) is 15.2. The molecule has 0 spiro atoms. The first-order valence-electron chi connectivity index (χ1n) is 6.83. The Morgan fingerprint density at radius 2 is 2.00 bits per heavy atom. The third kappa shape index (κ3) is 3.61. The monoisotopic (exact) mass is 425 g/mol. The fourth-order valence-electron chi connectivity index (χ4n) is 2.21. The van der Waals surface area contributed by atoms with Crippen LogP contribution in [0.2, 0.25) is 10.0 Å². The lowest BCUT2D eigenvalue weighted by Crippen LogP contribution is -1.98. The van der Waals surface area contributed by atoms with Crippen molar-refractivity contribution in [3.8, 4) is 5.88 Å². The van der Waals surface area contributed by atoms with E-state index in [-0.39, 0.29) is 18.0 Å².